The van der Waals surface area contributed by atoms with Crippen molar-refractivity contribution in [1.82, 2.24) is 0 Å². The summed E-state index contributed by atoms with van der Waals surface area (Å²) in [6.07, 6.45) is 0. The number of ether oxygens (including phenoxy) is 5. The van der Waals surface area contributed by atoms with Gasteiger partial charge in [0.25, 0.3) is 0 Å². The van der Waals surface area contributed by atoms with Crippen LogP contribution in [-0.4, -0.2) is 41.5 Å². The molecule has 0 bridgehead atoms. The number of amides is 1. The van der Waals surface area contributed by atoms with E-state index >= 15 is 0 Å². The number of carbonyl (C=O) groups excluding carboxylic acids is 1. The van der Waals surface area contributed by atoms with Crippen molar-refractivity contribution in [2.24, 2.45) is 0 Å². The standard InChI is InChI=1S/C32H31NO6/c1-35-25-15-11-22(12-16-25)32(23-13-17-26(36-2)18-14-23)29(21-9-7-6-8-10-21)31(34)33(32)24-19-27(37-3)30(39-5)28(20-24)38-4/h6-20,29H,1-5H3. The molecule has 1 heterocycles. The van der Waals surface area contributed by atoms with Crippen LogP contribution in [0.4, 0.5) is 5.69 Å². The van der Waals surface area contributed by atoms with Gasteiger partial charge in [0, 0.05) is 12.1 Å². The maximum absolute atomic E-state index is 14.3. The highest BCUT2D eigenvalue weighted by Gasteiger charge is 2.63. The largest absolute Gasteiger partial charge is 0.497 e. The van der Waals surface area contributed by atoms with Crippen LogP contribution in [-0.2, 0) is 10.3 Å². The first-order valence-electron chi connectivity index (χ1n) is 12.5. The Morgan fingerprint density at radius 3 is 1.51 bits per heavy atom. The molecule has 5 rings (SSSR count). The van der Waals surface area contributed by atoms with E-state index in [2.05, 4.69) is 0 Å². The maximum Gasteiger partial charge on any atom is 0.238 e. The molecular formula is C32H31NO6. The van der Waals surface area contributed by atoms with Gasteiger partial charge in [0.05, 0.1) is 47.2 Å². The highest BCUT2D eigenvalue weighted by molar-refractivity contribution is 6.10. The Kier molecular flexibility index (Phi) is 7.07. The summed E-state index contributed by atoms with van der Waals surface area (Å²) in [6.45, 7) is 0. The molecule has 1 aliphatic rings. The lowest BCUT2D eigenvalue weighted by atomic mass is 9.62. The van der Waals surface area contributed by atoms with Crippen LogP contribution in [0.5, 0.6) is 28.7 Å². The highest BCUT2D eigenvalue weighted by atomic mass is 16.5. The molecule has 200 valence electrons. The van der Waals surface area contributed by atoms with Gasteiger partial charge < -0.3 is 23.7 Å². The first-order chi connectivity index (χ1) is 19.0. The summed E-state index contributed by atoms with van der Waals surface area (Å²) in [6, 6.07) is 29.2. The lowest BCUT2D eigenvalue weighted by Crippen LogP contribution is -2.68. The van der Waals surface area contributed by atoms with Crippen LogP contribution in [0.2, 0.25) is 0 Å². The molecule has 39 heavy (non-hydrogen) atoms. The first-order valence-corrected chi connectivity index (χ1v) is 12.5. The Morgan fingerprint density at radius 2 is 1.10 bits per heavy atom. The zero-order valence-corrected chi connectivity index (χ0v) is 22.6. The molecule has 1 amide bonds. The molecule has 4 aromatic rings. The van der Waals surface area contributed by atoms with Gasteiger partial charge in [-0.25, -0.2) is 0 Å². The molecule has 1 atom stereocenters. The summed E-state index contributed by atoms with van der Waals surface area (Å²) in [4.78, 5) is 16.1. The molecule has 0 N–H and O–H groups in total. The van der Waals surface area contributed by atoms with Crippen LogP contribution in [0, 0.1) is 0 Å². The van der Waals surface area contributed by atoms with Crippen molar-refractivity contribution < 1.29 is 28.5 Å². The lowest BCUT2D eigenvalue weighted by Gasteiger charge is -2.58. The van der Waals surface area contributed by atoms with Crippen molar-refractivity contribution in [3.63, 3.8) is 0 Å². The fraction of sp³-hybridized carbons (Fsp3) is 0.219. The summed E-state index contributed by atoms with van der Waals surface area (Å²) in [7, 11) is 7.95. The molecule has 1 unspecified atom stereocenters. The number of nitrogens with zero attached hydrogens (tertiary/aromatic N) is 1. The molecule has 0 spiro atoms. The van der Waals surface area contributed by atoms with Gasteiger partial charge in [0.1, 0.15) is 17.0 Å². The summed E-state index contributed by atoms with van der Waals surface area (Å²) >= 11 is 0. The minimum absolute atomic E-state index is 0.0536. The summed E-state index contributed by atoms with van der Waals surface area (Å²) in [5.74, 6) is 2.27. The minimum Gasteiger partial charge on any atom is -0.497 e. The van der Waals surface area contributed by atoms with Crippen molar-refractivity contribution in [1.29, 1.82) is 0 Å². The second kappa shape index (κ2) is 10.6. The third-order valence-electron chi connectivity index (χ3n) is 7.34. The molecular weight excluding hydrogens is 494 g/mol. The van der Waals surface area contributed by atoms with Crippen LogP contribution < -0.4 is 28.6 Å². The van der Waals surface area contributed by atoms with Crippen LogP contribution in [0.15, 0.2) is 91.0 Å². The highest BCUT2D eigenvalue weighted by Crippen LogP contribution is 2.59. The van der Waals surface area contributed by atoms with Gasteiger partial charge in [0.2, 0.25) is 11.7 Å². The topological polar surface area (TPSA) is 66.5 Å². The van der Waals surface area contributed by atoms with Crippen LogP contribution in [0.25, 0.3) is 0 Å². The number of rotatable bonds is 9. The number of hydrogen-bond acceptors (Lipinski definition) is 6. The molecule has 7 nitrogen and oxygen atoms in total. The van der Waals surface area contributed by atoms with E-state index in [1.165, 1.54) is 0 Å². The van der Waals surface area contributed by atoms with E-state index in [-0.39, 0.29) is 5.91 Å². The average Bonchev–Trinajstić information content (AvgIpc) is 2.99. The molecule has 0 aliphatic carbocycles. The quantitative estimate of drug-likeness (QED) is 0.257. The average molecular weight is 526 g/mol. The number of hydrogen-bond donors (Lipinski definition) is 0. The van der Waals surface area contributed by atoms with Gasteiger partial charge >= 0.3 is 0 Å². The summed E-state index contributed by atoms with van der Waals surface area (Å²) in [5.41, 5.74) is 2.49. The molecule has 0 aromatic heterocycles. The van der Waals surface area contributed by atoms with Gasteiger partial charge in [-0.15, -0.1) is 0 Å². The SMILES string of the molecule is COc1ccc(C2(c3ccc(OC)cc3)C(c3ccccc3)C(=O)N2c2cc(OC)c(OC)c(OC)c2)cc1. The van der Waals surface area contributed by atoms with Crippen LogP contribution in [0.1, 0.15) is 22.6 Å². The second-order valence-corrected chi connectivity index (χ2v) is 9.12. The Labute approximate surface area is 228 Å². The Morgan fingerprint density at radius 1 is 0.615 bits per heavy atom. The molecule has 1 saturated heterocycles. The predicted octanol–water partition coefficient (Wildman–Crippen LogP) is 5.80. The van der Waals surface area contributed by atoms with Crippen molar-refractivity contribution in [2.75, 3.05) is 40.4 Å². The summed E-state index contributed by atoms with van der Waals surface area (Å²) < 4.78 is 27.8. The number of β-lactam (4-membered cyclic amide) rings is 1. The minimum atomic E-state index is -0.901. The van der Waals surface area contributed by atoms with Crippen molar-refractivity contribution in [2.45, 2.75) is 11.5 Å². The maximum atomic E-state index is 14.3. The Bertz CT molecular complexity index is 1380. The van der Waals surface area contributed by atoms with Gasteiger partial charge in [-0.05, 0) is 41.0 Å². The molecule has 7 heteroatoms. The second-order valence-electron chi connectivity index (χ2n) is 9.12. The van der Waals surface area contributed by atoms with E-state index in [1.807, 2.05) is 95.9 Å². The van der Waals surface area contributed by atoms with E-state index in [0.717, 1.165) is 28.2 Å². The molecule has 0 radical (unpaired) electrons. The third kappa shape index (κ3) is 4.11. The third-order valence-corrected chi connectivity index (χ3v) is 7.34. The number of methoxy groups -OCH3 is 5. The smallest absolute Gasteiger partial charge is 0.238 e. The first kappa shape index (κ1) is 26.0. The van der Waals surface area contributed by atoms with Gasteiger partial charge in [0.15, 0.2) is 11.5 Å². The lowest BCUT2D eigenvalue weighted by molar-refractivity contribution is -0.129. The molecule has 4 aromatic carbocycles. The molecule has 1 fully saturated rings. The van der Waals surface area contributed by atoms with E-state index in [4.69, 9.17) is 23.7 Å². The van der Waals surface area contributed by atoms with Crippen LogP contribution in [0.3, 0.4) is 0 Å². The molecule has 0 saturated carbocycles. The Hall–Kier alpha value is -4.65. The van der Waals surface area contributed by atoms with Crippen molar-refractivity contribution >= 4 is 11.6 Å². The normalized spacial score (nSPS) is 15.8. The van der Waals surface area contributed by atoms with Gasteiger partial charge in [-0.3, -0.25) is 9.69 Å². The van der Waals surface area contributed by atoms with Crippen molar-refractivity contribution in [3.05, 3.63) is 108 Å². The van der Waals surface area contributed by atoms with Gasteiger partial charge in [-0.2, -0.15) is 0 Å². The zero-order valence-electron chi connectivity index (χ0n) is 22.6. The number of benzene rings is 4. The fourth-order valence-corrected chi connectivity index (χ4v) is 5.55. The summed E-state index contributed by atoms with van der Waals surface area (Å²) in [5, 5.41) is 0. The Balaban J connectivity index is 1.83. The fourth-order valence-electron chi connectivity index (χ4n) is 5.55. The predicted molar refractivity (Wildman–Crippen MR) is 150 cm³/mol. The number of anilines is 1. The van der Waals surface area contributed by atoms with E-state index in [0.29, 0.717) is 22.9 Å². The molecule has 1 aliphatic heterocycles. The van der Waals surface area contributed by atoms with E-state index in [1.54, 1.807) is 35.5 Å². The van der Waals surface area contributed by atoms with Gasteiger partial charge in [-0.1, -0.05) is 54.6 Å². The van der Waals surface area contributed by atoms with Crippen LogP contribution >= 0.6 is 0 Å². The number of carbonyl (C=O) groups is 1. The zero-order chi connectivity index (χ0) is 27.6. The van der Waals surface area contributed by atoms with Crippen molar-refractivity contribution in [3.8, 4) is 28.7 Å². The van der Waals surface area contributed by atoms with E-state index in [9.17, 15) is 4.79 Å². The monoisotopic (exact) mass is 525 g/mol. The van der Waals surface area contributed by atoms with E-state index < -0.39 is 11.5 Å².